The fourth-order valence-electron chi connectivity index (χ4n) is 3.00. The van der Waals surface area contributed by atoms with Gasteiger partial charge in [0.05, 0.1) is 13.7 Å². The molecule has 2 aromatic rings. The summed E-state index contributed by atoms with van der Waals surface area (Å²) in [6, 6.07) is 12.3. The third-order valence-corrected chi connectivity index (χ3v) is 4.20. The molecule has 0 bridgehead atoms. The molecular formula is C18H23N3O2. The SMILES string of the molecule is COc1cccc(N2CCCC(Nc3cc(CO)ccn3)C2)c1. The molecule has 0 amide bonds. The van der Waals surface area contributed by atoms with Crippen molar-refractivity contribution in [2.75, 3.05) is 30.4 Å². The zero-order valence-corrected chi connectivity index (χ0v) is 13.4. The minimum atomic E-state index is 0.0395. The molecule has 5 heteroatoms. The van der Waals surface area contributed by atoms with Crippen LogP contribution in [-0.4, -0.2) is 36.3 Å². The van der Waals surface area contributed by atoms with E-state index in [2.05, 4.69) is 27.3 Å². The Morgan fingerprint density at radius 3 is 3.09 bits per heavy atom. The van der Waals surface area contributed by atoms with E-state index >= 15 is 0 Å². The minimum Gasteiger partial charge on any atom is -0.497 e. The average molecular weight is 313 g/mol. The maximum absolute atomic E-state index is 9.23. The Bertz CT molecular complexity index is 648. The number of methoxy groups -OCH3 is 1. The molecule has 122 valence electrons. The Kier molecular flexibility index (Phi) is 4.98. The number of aromatic nitrogens is 1. The molecule has 2 heterocycles. The van der Waals surface area contributed by atoms with Crippen LogP contribution in [0.5, 0.6) is 5.75 Å². The van der Waals surface area contributed by atoms with Crippen LogP contribution in [0.15, 0.2) is 42.6 Å². The summed E-state index contributed by atoms with van der Waals surface area (Å²) in [5.41, 5.74) is 2.07. The summed E-state index contributed by atoms with van der Waals surface area (Å²) >= 11 is 0. The molecule has 1 aromatic carbocycles. The number of aliphatic hydroxyl groups is 1. The van der Waals surface area contributed by atoms with Crippen LogP contribution in [0, 0.1) is 0 Å². The van der Waals surface area contributed by atoms with Crippen molar-refractivity contribution < 1.29 is 9.84 Å². The maximum Gasteiger partial charge on any atom is 0.126 e. The first-order valence-electron chi connectivity index (χ1n) is 8.00. The number of hydrogen-bond donors (Lipinski definition) is 2. The van der Waals surface area contributed by atoms with Gasteiger partial charge in [0.15, 0.2) is 0 Å². The molecule has 0 spiro atoms. The lowest BCUT2D eigenvalue weighted by Crippen LogP contribution is -2.42. The minimum absolute atomic E-state index is 0.0395. The maximum atomic E-state index is 9.23. The molecule has 1 atom stereocenters. The molecule has 1 aliphatic rings. The smallest absolute Gasteiger partial charge is 0.126 e. The molecule has 23 heavy (non-hydrogen) atoms. The van der Waals surface area contributed by atoms with Gasteiger partial charge in [-0.25, -0.2) is 4.98 Å². The van der Waals surface area contributed by atoms with Gasteiger partial charge in [0.25, 0.3) is 0 Å². The molecule has 1 aliphatic heterocycles. The van der Waals surface area contributed by atoms with E-state index in [1.54, 1.807) is 13.3 Å². The second-order valence-corrected chi connectivity index (χ2v) is 5.84. The number of piperidine rings is 1. The highest BCUT2D eigenvalue weighted by molar-refractivity contribution is 5.52. The summed E-state index contributed by atoms with van der Waals surface area (Å²) in [6.07, 6.45) is 3.98. The Balaban J connectivity index is 1.67. The van der Waals surface area contributed by atoms with E-state index in [0.717, 1.165) is 43.1 Å². The van der Waals surface area contributed by atoms with Crippen LogP contribution in [-0.2, 0) is 6.61 Å². The zero-order chi connectivity index (χ0) is 16.1. The van der Waals surface area contributed by atoms with Crippen molar-refractivity contribution in [3.05, 3.63) is 48.2 Å². The fraction of sp³-hybridized carbons (Fsp3) is 0.389. The molecule has 1 aromatic heterocycles. The first-order chi connectivity index (χ1) is 11.3. The summed E-state index contributed by atoms with van der Waals surface area (Å²) < 4.78 is 5.32. The molecule has 0 aliphatic carbocycles. The first-order valence-corrected chi connectivity index (χ1v) is 8.00. The van der Waals surface area contributed by atoms with E-state index in [1.807, 2.05) is 24.3 Å². The van der Waals surface area contributed by atoms with Gasteiger partial charge in [0.1, 0.15) is 11.6 Å². The van der Waals surface area contributed by atoms with Gasteiger partial charge in [-0.3, -0.25) is 0 Å². The van der Waals surface area contributed by atoms with Gasteiger partial charge in [-0.1, -0.05) is 6.07 Å². The molecule has 1 fully saturated rings. The Morgan fingerprint density at radius 2 is 2.26 bits per heavy atom. The van der Waals surface area contributed by atoms with E-state index in [-0.39, 0.29) is 6.61 Å². The largest absolute Gasteiger partial charge is 0.497 e. The van der Waals surface area contributed by atoms with E-state index in [1.165, 1.54) is 5.69 Å². The average Bonchev–Trinajstić information content (AvgIpc) is 2.62. The number of rotatable bonds is 5. The van der Waals surface area contributed by atoms with Gasteiger partial charge >= 0.3 is 0 Å². The van der Waals surface area contributed by atoms with Crippen LogP contribution in [0.25, 0.3) is 0 Å². The highest BCUT2D eigenvalue weighted by atomic mass is 16.5. The molecule has 1 unspecified atom stereocenters. The number of aliphatic hydroxyl groups excluding tert-OH is 1. The molecular weight excluding hydrogens is 290 g/mol. The standard InChI is InChI=1S/C18H23N3O2/c1-23-17-6-2-5-16(11-17)21-9-3-4-15(12-21)20-18-10-14(13-22)7-8-19-18/h2,5-8,10-11,15,22H,3-4,9,12-13H2,1H3,(H,19,20). The van der Waals surface area contributed by atoms with Crippen molar-refractivity contribution in [3.63, 3.8) is 0 Å². The van der Waals surface area contributed by atoms with Crippen LogP contribution in [0.2, 0.25) is 0 Å². The first kappa shape index (κ1) is 15.6. The van der Waals surface area contributed by atoms with E-state index in [9.17, 15) is 5.11 Å². The predicted octanol–water partition coefficient (Wildman–Crippen LogP) is 2.66. The molecule has 2 N–H and O–H groups in total. The number of nitrogens with one attached hydrogen (secondary N) is 1. The Morgan fingerprint density at radius 1 is 1.35 bits per heavy atom. The summed E-state index contributed by atoms with van der Waals surface area (Å²) in [6.45, 7) is 2.02. The van der Waals surface area contributed by atoms with Gasteiger partial charge in [0, 0.05) is 37.1 Å². The summed E-state index contributed by atoms with van der Waals surface area (Å²) in [5.74, 6) is 1.71. The molecule has 1 saturated heterocycles. The van der Waals surface area contributed by atoms with Crippen molar-refractivity contribution in [1.82, 2.24) is 4.98 Å². The van der Waals surface area contributed by atoms with Gasteiger partial charge in [-0.2, -0.15) is 0 Å². The van der Waals surface area contributed by atoms with Crippen LogP contribution in [0.3, 0.4) is 0 Å². The third-order valence-electron chi connectivity index (χ3n) is 4.20. The van der Waals surface area contributed by atoms with Gasteiger partial charge in [-0.15, -0.1) is 0 Å². The molecule has 3 rings (SSSR count). The van der Waals surface area contributed by atoms with E-state index < -0.39 is 0 Å². The Hall–Kier alpha value is -2.27. The van der Waals surface area contributed by atoms with E-state index in [4.69, 9.17) is 4.74 Å². The lowest BCUT2D eigenvalue weighted by atomic mass is 10.0. The highest BCUT2D eigenvalue weighted by Crippen LogP contribution is 2.25. The molecule has 5 nitrogen and oxygen atoms in total. The zero-order valence-electron chi connectivity index (χ0n) is 13.4. The lowest BCUT2D eigenvalue weighted by molar-refractivity contribution is 0.282. The fourth-order valence-corrected chi connectivity index (χ4v) is 3.00. The number of pyridine rings is 1. The number of benzene rings is 1. The number of hydrogen-bond acceptors (Lipinski definition) is 5. The number of anilines is 2. The van der Waals surface area contributed by atoms with Crippen molar-refractivity contribution >= 4 is 11.5 Å². The highest BCUT2D eigenvalue weighted by Gasteiger charge is 2.20. The van der Waals surface area contributed by atoms with Gasteiger partial charge < -0.3 is 20.1 Å². The van der Waals surface area contributed by atoms with Crippen LogP contribution < -0.4 is 15.0 Å². The second-order valence-electron chi connectivity index (χ2n) is 5.84. The van der Waals surface area contributed by atoms with Crippen LogP contribution in [0.1, 0.15) is 18.4 Å². The van der Waals surface area contributed by atoms with Gasteiger partial charge in [0.2, 0.25) is 0 Å². The summed E-state index contributed by atoms with van der Waals surface area (Å²) in [5, 5.41) is 12.7. The number of ether oxygens (including phenoxy) is 1. The molecule has 0 saturated carbocycles. The predicted molar refractivity (Wildman–Crippen MR) is 92.0 cm³/mol. The molecule has 0 radical (unpaired) electrons. The third kappa shape index (κ3) is 3.93. The summed E-state index contributed by atoms with van der Waals surface area (Å²) in [4.78, 5) is 6.72. The van der Waals surface area contributed by atoms with Crippen molar-refractivity contribution in [2.24, 2.45) is 0 Å². The van der Waals surface area contributed by atoms with Crippen molar-refractivity contribution in [2.45, 2.75) is 25.5 Å². The normalized spacial score (nSPS) is 17.8. The van der Waals surface area contributed by atoms with Crippen molar-refractivity contribution in [1.29, 1.82) is 0 Å². The quantitative estimate of drug-likeness (QED) is 0.889. The number of nitrogens with zero attached hydrogens (tertiary/aromatic N) is 2. The lowest BCUT2D eigenvalue weighted by Gasteiger charge is -2.35. The topological polar surface area (TPSA) is 57.6 Å². The Labute approximate surface area is 136 Å². The van der Waals surface area contributed by atoms with Gasteiger partial charge in [-0.05, 0) is 42.7 Å². The van der Waals surface area contributed by atoms with Crippen LogP contribution >= 0.6 is 0 Å². The second kappa shape index (κ2) is 7.33. The van der Waals surface area contributed by atoms with Crippen LogP contribution in [0.4, 0.5) is 11.5 Å². The van der Waals surface area contributed by atoms with Crippen molar-refractivity contribution in [3.8, 4) is 5.75 Å². The summed E-state index contributed by atoms with van der Waals surface area (Å²) in [7, 11) is 1.69. The monoisotopic (exact) mass is 313 g/mol. The van der Waals surface area contributed by atoms with E-state index in [0.29, 0.717) is 6.04 Å².